The van der Waals surface area contributed by atoms with Gasteiger partial charge in [-0.25, -0.2) is 18.5 Å². The van der Waals surface area contributed by atoms with Crippen LogP contribution in [0, 0.1) is 6.92 Å². The summed E-state index contributed by atoms with van der Waals surface area (Å²) in [5, 5.41) is 7.15. The van der Waals surface area contributed by atoms with Gasteiger partial charge in [-0.3, -0.25) is 0 Å². The highest BCUT2D eigenvalue weighted by atomic mass is 35.5. The maximum Gasteiger partial charge on any atom is 0.240 e. The summed E-state index contributed by atoms with van der Waals surface area (Å²) in [4.78, 5) is 9.24. The summed E-state index contributed by atoms with van der Waals surface area (Å²) in [6.07, 6.45) is 0. The van der Waals surface area contributed by atoms with Crippen molar-refractivity contribution in [1.82, 2.24) is 4.98 Å². The Kier molecular flexibility index (Phi) is 4.91. The van der Waals surface area contributed by atoms with Crippen LogP contribution in [0.3, 0.4) is 0 Å². The van der Waals surface area contributed by atoms with E-state index in [1.807, 2.05) is 31.2 Å². The molecule has 0 bridgehead atoms. The van der Waals surface area contributed by atoms with Crippen LogP contribution in [0.25, 0.3) is 10.9 Å². The van der Waals surface area contributed by atoms with Crippen LogP contribution in [-0.2, 0) is 10.0 Å². The second kappa shape index (κ2) is 7.24. The van der Waals surface area contributed by atoms with Gasteiger partial charge in [0.05, 0.1) is 11.2 Å². The van der Waals surface area contributed by atoms with E-state index in [9.17, 15) is 8.42 Å². The number of halogens is 1. The SMILES string of the molecule is Cc1c(Cl)ccc2ccc(N3CCN(c4ccccc4S(N)(=O)=O)CC3)nc12. The summed E-state index contributed by atoms with van der Waals surface area (Å²) < 4.78 is 23.8. The molecule has 1 aliphatic heterocycles. The zero-order valence-corrected chi connectivity index (χ0v) is 17.0. The predicted octanol–water partition coefficient (Wildman–Crippen LogP) is 3.17. The molecule has 3 aromatic rings. The van der Waals surface area contributed by atoms with Gasteiger partial charge in [-0.2, -0.15) is 0 Å². The topological polar surface area (TPSA) is 79.5 Å². The van der Waals surface area contributed by atoms with E-state index in [1.54, 1.807) is 18.2 Å². The monoisotopic (exact) mass is 416 g/mol. The van der Waals surface area contributed by atoms with Gasteiger partial charge in [0.25, 0.3) is 0 Å². The summed E-state index contributed by atoms with van der Waals surface area (Å²) in [7, 11) is -3.76. The number of piperazine rings is 1. The van der Waals surface area contributed by atoms with Crippen LogP contribution >= 0.6 is 11.6 Å². The zero-order chi connectivity index (χ0) is 19.9. The van der Waals surface area contributed by atoms with E-state index in [0.29, 0.717) is 23.8 Å². The molecule has 2 N–H and O–H groups in total. The van der Waals surface area contributed by atoms with E-state index in [-0.39, 0.29) is 4.90 Å². The number of nitrogens with two attached hydrogens (primary N) is 1. The molecule has 28 heavy (non-hydrogen) atoms. The first-order valence-electron chi connectivity index (χ1n) is 9.02. The largest absolute Gasteiger partial charge is 0.367 e. The maximum atomic E-state index is 11.9. The summed E-state index contributed by atoms with van der Waals surface area (Å²) in [5.41, 5.74) is 2.53. The molecule has 0 unspecified atom stereocenters. The molecular formula is C20H21ClN4O2S. The van der Waals surface area contributed by atoms with E-state index >= 15 is 0 Å². The number of para-hydroxylation sites is 1. The molecule has 1 fully saturated rings. The molecule has 0 atom stereocenters. The molecule has 4 rings (SSSR count). The number of nitrogens with zero attached hydrogens (tertiary/aromatic N) is 3. The van der Waals surface area contributed by atoms with Gasteiger partial charge in [-0.05, 0) is 42.8 Å². The minimum atomic E-state index is -3.76. The lowest BCUT2D eigenvalue weighted by Gasteiger charge is -2.37. The van der Waals surface area contributed by atoms with Crippen molar-refractivity contribution in [2.45, 2.75) is 11.8 Å². The third kappa shape index (κ3) is 3.53. The minimum Gasteiger partial charge on any atom is -0.367 e. The van der Waals surface area contributed by atoms with E-state index in [1.165, 1.54) is 0 Å². The quantitative estimate of drug-likeness (QED) is 0.709. The molecule has 8 heteroatoms. The van der Waals surface area contributed by atoms with Crippen molar-refractivity contribution < 1.29 is 8.42 Å². The lowest BCUT2D eigenvalue weighted by Crippen LogP contribution is -2.47. The van der Waals surface area contributed by atoms with E-state index in [2.05, 4.69) is 15.9 Å². The Morgan fingerprint density at radius 3 is 2.32 bits per heavy atom. The molecule has 0 amide bonds. The number of pyridine rings is 1. The van der Waals surface area contributed by atoms with E-state index < -0.39 is 10.0 Å². The number of aryl methyl sites for hydroxylation is 1. The average molecular weight is 417 g/mol. The highest BCUT2D eigenvalue weighted by molar-refractivity contribution is 7.89. The number of sulfonamides is 1. The second-order valence-electron chi connectivity index (χ2n) is 6.90. The number of hydrogen-bond donors (Lipinski definition) is 1. The number of aromatic nitrogens is 1. The standard InChI is InChI=1S/C20H21ClN4O2S/c1-14-16(21)8-6-15-7-9-19(23-20(14)15)25-12-10-24(11-13-25)17-4-2-3-5-18(17)28(22,26)27/h2-9H,10-13H2,1H3,(H2,22,26,27). The molecule has 0 aliphatic carbocycles. The van der Waals surface area contributed by atoms with Gasteiger partial charge in [0, 0.05) is 36.6 Å². The number of primary sulfonamides is 1. The maximum absolute atomic E-state index is 11.9. The van der Waals surface area contributed by atoms with Crippen molar-refractivity contribution in [2.75, 3.05) is 36.0 Å². The predicted molar refractivity (Wildman–Crippen MR) is 114 cm³/mol. The summed E-state index contributed by atoms with van der Waals surface area (Å²) in [6, 6.07) is 14.8. The Hall–Kier alpha value is -2.35. The molecule has 6 nitrogen and oxygen atoms in total. The first kappa shape index (κ1) is 19.0. The first-order chi connectivity index (χ1) is 13.3. The summed E-state index contributed by atoms with van der Waals surface area (Å²) >= 11 is 6.24. The fourth-order valence-corrected chi connectivity index (χ4v) is 4.52. The van der Waals surface area contributed by atoms with Crippen LogP contribution in [0.2, 0.25) is 5.02 Å². The van der Waals surface area contributed by atoms with Crippen molar-refractivity contribution in [3.63, 3.8) is 0 Å². The fourth-order valence-electron chi connectivity index (χ4n) is 3.61. The van der Waals surface area contributed by atoms with Crippen molar-refractivity contribution in [3.8, 4) is 0 Å². The molecule has 146 valence electrons. The number of anilines is 2. The van der Waals surface area contributed by atoms with E-state index in [0.717, 1.165) is 35.4 Å². The molecule has 1 aliphatic rings. The minimum absolute atomic E-state index is 0.164. The van der Waals surface area contributed by atoms with Crippen molar-refractivity contribution >= 4 is 44.0 Å². The lowest BCUT2D eigenvalue weighted by atomic mass is 10.1. The van der Waals surface area contributed by atoms with Crippen LogP contribution in [0.15, 0.2) is 53.4 Å². The van der Waals surface area contributed by atoms with Crippen LogP contribution in [-0.4, -0.2) is 39.6 Å². The van der Waals surface area contributed by atoms with Crippen LogP contribution in [0.4, 0.5) is 11.5 Å². The molecular weight excluding hydrogens is 396 g/mol. The normalized spacial score (nSPS) is 15.2. The highest BCUT2D eigenvalue weighted by Crippen LogP contribution is 2.28. The number of hydrogen-bond acceptors (Lipinski definition) is 5. The number of fused-ring (bicyclic) bond motifs is 1. The molecule has 0 saturated carbocycles. The number of rotatable bonds is 3. The molecule has 2 aromatic carbocycles. The van der Waals surface area contributed by atoms with Gasteiger partial charge in [0.15, 0.2) is 0 Å². The summed E-state index contributed by atoms with van der Waals surface area (Å²) in [6.45, 7) is 4.80. The highest BCUT2D eigenvalue weighted by Gasteiger charge is 2.23. The van der Waals surface area contributed by atoms with Crippen LogP contribution < -0.4 is 14.9 Å². The van der Waals surface area contributed by atoms with Gasteiger partial charge in [0.1, 0.15) is 10.7 Å². The van der Waals surface area contributed by atoms with Gasteiger partial charge in [0.2, 0.25) is 10.0 Å². The zero-order valence-electron chi connectivity index (χ0n) is 15.5. The Morgan fingerprint density at radius 1 is 0.964 bits per heavy atom. The fraction of sp³-hybridized carbons (Fsp3) is 0.250. The third-order valence-corrected chi connectivity index (χ3v) is 6.52. The van der Waals surface area contributed by atoms with Gasteiger partial charge in [-0.1, -0.05) is 29.8 Å². The Morgan fingerprint density at radius 2 is 1.61 bits per heavy atom. The van der Waals surface area contributed by atoms with Crippen LogP contribution in [0.1, 0.15) is 5.56 Å². The lowest BCUT2D eigenvalue weighted by molar-refractivity contribution is 0.595. The van der Waals surface area contributed by atoms with Crippen LogP contribution in [0.5, 0.6) is 0 Å². The summed E-state index contributed by atoms with van der Waals surface area (Å²) in [5.74, 6) is 0.900. The van der Waals surface area contributed by atoms with Crippen molar-refractivity contribution in [3.05, 3.63) is 59.1 Å². The molecule has 0 spiro atoms. The molecule has 0 radical (unpaired) electrons. The van der Waals surface area contributed by atoms with Crippen molar-refractivity contribution in [1.29, 1.82) is 0 Å². The molecule has 2 heterocycles. The first-order valence-corrected chi connectivity index (χ1v) is 10.9. The average Bonchev–Trinajstić information content (AvgIpc) is 2.70. The van der Waals surface area contributed by atoms with Gasteiger partial charge in [-0.15, -0.1) is 0 Å². The van der Waals surface area contributed by atoms with Gasteiger partial charge >= 0.3 is 0 Å². The Balaban J connectivity index is 1.57. The number of benzene rings is 2. The van der Waals surface area contributed by atoms with Crippen molar-refractivity contribution in [2.24, 2.45) is 5.14 Å². The Labute approximate surface area is 169 Å². The molecule has 1 saturated heterocycles. The third-order valence-electron chi connectivity index (χ3n) is 5.15. The molecule has 1 aromatic heterocycles. The smallest absolute Gasteiger partial charge is 0.240 e. The van der Waals surface area contributed by atoms with E-state index in [4.69, 9.17) is 21.7 Å². The second-order valence-corrected chi connectivity index (χ2v) is 8.84. The van der Waals surface area contributed by atoms with Gasteiger partial charge < -0.3 is 9.80 Å². The Bertz CT molecular complexity index is 1140.